The Kier molecular flexibility index (Phi) is 3.01. The van der Waals surface area contributed by atoms with Crippen LogP contribution in [-0.4, -0.2) is 23.1 Å². The minimum Gasteiger partial charge on any atom is -0.346 e. The Labute approximate surface area is 95.8 Å². The van der Waals surface area contributed by atoms with Gasteiger partial charge in [0, 0.05) is 25.3 Å². The Balaban J connectivity index is 2.04. The number of hydrogen-bond donors (Lipinski definition) is 2. The molecule has 0 aromatic carbocycles. The molecule has 0 saturated heterocycles. The third kappa shape index (κ3) is 2.11. The van der Waals surface area contributed by atoms with E-state index < -0.39 is 0 Å². The second-order valence-corrected chi connectivity index (χ2v) is 4.57. The first kappa shape index (κ1) is 11.2. The summed E-state index contributed by atoms with van der Waals surface area (Å²) >= 11 is 0. The highest BCUT2D eigenvalue weighted by Crippen LogP contribution is 2.32. The van der Waals surface area contributed by atoms with Crippen LogP contribution in [0.5, 0.6) is 0 Å². The predicted molar refractivity (Wildman–Crippen MR) is 63.2 cm³/mol. The number of nitrogens with two attached hydrogens (primary N) is 1. The lowest BCUT2D eigenvalue weighted by atomic mass is 10.2. The third-order valence-corrected chi connectivity index (χ3v) is 3.37. The van der Waals surface area contributed by atoms with Crippen LogP contribution in [0.25, 0.3) is 0 Å². The van der Waals surface area contributed by atoms with Crippen LogP contribution in [0.15, 0.2) is 12.1 Å². The highest BCUT2D eigenvalue weighted by atomic mass is 16.2. The van der Waals surface area contributed by atoms with Gasteiger partial charge < -0.3 is 15.6 Å². The predicted octanol–water partition coefficient (Wildman–Crippen LogP) is 0.801. The van der Waals surface area contributed by atoms with Crippen molar-refractivity contribution in [3.8, 4) is 0 Å². The standard InChI is InChI=1S/C12H19N3O/c1-8-3-6-11(15(8)2)12(16)14-10(7-13)9-4-5-9/h3,6,9-10H,4-5,7,13H2,1-2H3,(H,14,16). The molecule has 1 aliphatic carbocycles. The van der Waals surface area contributed by atoms with Crippen LogP contribution >= 0.6 is 0 Å². The van der Waals surface area contributed by atoms with Gasteiger partial charge in [0.15, 0.2) is 0 Å². The van der Waals surface area contributed by atoms with E-state index in [0.29, 0.717) is 18.2 Å². The van der Waals surface area contributed by atoms with Crippen molar-refractivity contribution in [2.75, 3.05) is 6.54 Å². The molecule has 88 valence electrons. The molecular formula is C12H19N3O. The highest BCUT2D eigenvalue weighted by Gasteiger charge is 2.31. The minimum absolute atomic E-state index is 0.0158. The molecule has 0 spiro atoms. The van der Waals surface area contributed by atoms with Gasteiger partial charge in [0.25, 0.3) is 5.91 Å². The van der Waals surface area contributed by atoms with Crippen LogP contribution in [-0.2, 0) is 7.05 Å². The van der Waals surface area contributed by atoms with E-state index in [9.17, 15) is 4.79 Å². The quantitative estimate of drug-likeness (QED) is 0.790. The van der Waals surface area contributed by atoms with Crippen LogP contribution in [0.1, 0.15) is 29.0 Å². The lowest BCUT2D eigenvalue weighted by molar-refractivity contribution is 0.0925. The van der Waals surface area contributed by atoms with E-state index in [-0.39, 0.29) is 11.9 Å². The maximum absolute atomic E-state index is 12.0. The molecule has 1 amide bonds. The molecule has 1 atom stereocenters. The van der Waals surface area contributed by atoms with E-state index >= 15 is 0 Å². The van der Waals surface area contributed by atoms with E-state index in [1.165, 1.54) is 12.8 Å². The second kappa shape index (κ2) is 4.29. The number of aromatic nitrogens is 1. The molecule has 2 rings (SSSR count). The summed E-state index contributed by atoms with van der Waals surface area (Å²) in [5.41, 5.74) is 7.45. The van der Waals surface area contributed by atoms with E-state index in [4.69, 9.17) is 5.73 Å². The largest absolute Gasteiger partial charge is 0.346 e. The third-order valence-electron chi connectivity index (χ3n) is 3.37. The summed E-state index contributed by atoms with van der Waals surface area (Å²) in [5, 5.41) is 3.01. The fourth-order valence-corrected chi connectivity index (χ4v) is 1.95. The summed E-state index contributed by atoms with van der Waals surface area (Å²) in [6.07, 6.45) is 2.38. The molecule has 0 aliphatic heterocycles. The molecule has 1 heterocycles. The summed E-state index contributed by atoms with van der Waals surface area (Å²) in [7, 11) is 1.90. The van der Waals surface area contributed by atoms with Crippen LogP contribution in [0.2, 0.25) is 0 Å². The smallest absolute Gasteiger partial charge is 0.268 e. The van der Waals surface area contributed by atoms with Gasteiger partial charge in [0.2, 0.25) is 0 Å². The molecular weight excluding hydrogens is 202 g/mol. The number of rotatable bonds is 4. The normalized spacial score (nSPS) is 17.2. The van der Waals surface area contributed by atoms with E-state index in [0.717, 1.165) is 5.69 Å². The van der Waals surface area contributed by atoms with Crippen LogP contribution in [0.3, 0.4) is 0 Å². The fraction of sp³-hybridized carbons (Fsp3) is 0.583. The van der Waals surface area contributed by atoms with Crippen LogP contribution < -0.4 is 11.1 Å². The first-order chi connectivity index (χ1) is 7.63. The zero-order valence-electron chi connectivity index (χ0n) is 9.86. The van der Waals surface area contributed by atoms with Crippen molar-refractivity contribution >= 4 is 5.91 Å². The SMILES string of the molecule is Cc1ccc(C(=O)NC(CN)C2CC2)n1C. The molecule has 4 heteroatoms. The Morgan fingerprint density at radius 1 is 1.62 bits per heavy atom. The molecule has 4 nitrogen and oxygen atoms in total. The first-order valence-electron chi connectivity index (χ1n) is 5.76. The maximum Gasteiger partial charge on any atom is 0.268 e. The number of hydrogen-bond acceptors (Lipinski definition) is 2. The van der Waals surface area contributed by atoms with Crippen molar-refractivity contribution in [1.29, 1.82) is 0 Å². The Morgan fingerprint density at radius 3 is 2.75 bits per heavy atom. The van der Waals surface area contributed by atoms with Gasteiger partial charge >= 0.3 is 0 Å². The van der Waals surface area contributed by atoms with E-state index in [2.05, 4.69) is 5.32 Å². The van der Waals surface area contributed by atoms with Crippen LogP contribution in [0.4, 0.5) is 0 Å². The van der Waals surface area contributed by atoms with E-state index in [1.54, 1.807) is 0 Å². The molecule has 3 N–H and O–H groups in total. The van der Waals surface area contributed by atoms with E-state index in [1.807, 2.05) is 30.7 Å². The number of nitrogens with one attached hydrogen (secondary N) is 1. The second-order valence-electron chi connectivity index (χ2n) is 4.57. The maximum atomic E-state index is 12.0. The summed E-state index contributed by atoms with van der Waals surface area (Å²) in [6.45, 7) is 2.51. The summed E-state index contributed by atoms with van der Waals surface area (Å²) in [6, 6.07) is 3.94. The average Bonchev–Trinajstić information content (AvgIpc) is 3.04. The number of amides is 1. The summed E-state index contributed by atoms with van der Waals surface area (Å²) < 4.78 is 1.90. The molecule has 0 bridgehead atoms. The van der Waals surface area contributed by atoms with Gasteiger partial charge in [-0.2, -0.15) is 0 Å². The van der Waals surface area contributed by atoms with Gasteiger partial charge in [-0.25, -0.2) is 0 Å². The van der Waals surface area contributed by atoms with Crippen molar-refractivity contribution in [2.24, 2.45) is 18.7 Å². The highest BCUT2D eigenvalue weighted by molar-refractivity contribution is 5.93. The van der Waals surface area contributed by atoms with Crippen molar-refractivity contribution in [1.82, 2.24) is 9.88 Å². The Bertz CT molecular complexity index is 393. The topological polar surface area (TPSA) is 60.1 Å². The Morgan fingerprint density at radius 2 is 2.31 bits per heavy atom. The van der Waals surface area contributed by atoms with Gasteiger partial charge in [0.1, 0.15) is 5.69 Å². The number of carbonyl (C=O) groups excluding carboxylic acids is 1. The molecule has 1 fully saturated rings. The monoisotopic (exact) mass is 221 g/mol. The summed E-state index contributed by atoms with van der Waals surface area (Å²) in [5.74, 6) is 0.577. The number of nitrogens with zero attached hydrogens (tertiary/aromatic N) is 1. The number of aryl methyl sites for hydroxylation is 1. The Hall–Kier alpha value is -1.29. The molecule has 1 aliphatic rings. The molecule has 0 radical (unpaired) electrons. The minimum atomic E-state index is -0.0158. The van der Waals surface area contributed by atoms with Gasteiger partial charge in [-0.1, -0.05) is 0 Å². The van der Waals surface area contributed by atoms with Crippen LogP contribution in [0, 0.1) is 12.8 Å². The van der Waals surface area contributed by atoms with Crippen molar-refractivity contribution < 1.29 is 4.79 Å². The molecule has 1 unspecified atom stereocenters. The van der Waals surface area contributed by atoms with Crippen molar-refractivity contribution in [2.45, 2.75) is 25.8 Å². The molecule has 1 aromatic heterocycles. The number of carbonyl (C=O) groups is 1. The molecule has 16 heavy (non-hydrogen) atoms. The van der Waals surface area contributed by atoms with Gasteiger partial charge in [-0.05, 0) is 37.8 Å². The first-order valence-corrected chi connectivity index (χ1v) is 5.76. The zero-order valence-corrected chi connectivity index (χ0v) is 9.86. The summed E-state index contributed by atoms with van der Waals surface area (Å²) in [4.78, 5) is 12.0. The average molecular weight is 221 g/mol. The van der Waals surface area contributed by atoms with Gasteiger partial charge in [-0.3, -0.25) is 4.79 Å². The van der Waals surface area contributed by atoms with Crippen molar-refractivity contribution in [3.63, 3.8) is 0 Å². The van der Waals surface area contributed by atoms with Crippen molar-refractivity contribution in [3.05, 3.63) is 23.5 Å². The zero-order chi connectivity index (χ0) is 11.7. The lowest BCUT2D eigenvalue weighted by Gasteiger charge is -2.16. The lowest BCUT2D eigenvalue weighted by Crippen LogP contribution is -2.42. The van der Waals surface area contributed by atoms with Gasteiger partial charge in [0.05, 0.1) is 0 Å². The molecule has 1 saturated carbocycles. The van der Waals surface area contributed by atoms with Gasteiger partial charge in [-0.15, -0.1) is 0 Å². The molecule has 1 aromatic rings. The fourth-order valence-electron chi connectivity index (χ4n) is 1.95.